The van der Waals surface area contributed by atoms with Crippen LogP contribution in [0.4, 0.5) is 13.2 Å². The molecule has 8 heteroatoms. The fourth-order valence-electron chi connectivity index (χ4n) is 1.76. The Morgan fingerprint density at radius 1 is 1.15 bits per heavy atom. The lowest BCUT2D eigenvalue weighted by molar-refractivity contribution is -0.180. The fourth-order valence-corrected chi connectivity index (χ4v) is 1.76. The van der Waals surface area contributed by atoms with E-state index in [1.54, 1.807) is 6.92 Å². The molecular weight excluding hydrogens is 281 g/mol. The van der Waals surface area contributed by atoms with Crippen LogP contribution in [0.3, 0.4) is 0 Å². The van der Waals surface area contributed by atoms with Gasteiger partial charge in [0.25, 0.3) is 0 Å². The van der Waals surface area contributed by atoms with Crippen LogP contribution in [-0.4, -0.2) is 43.0 Å². The third-order valence-corrected chi connectivity index (χ3v) is 2.69. The van der Waals surface area contributed by atoms with E-state index >= 15 is 0 Å². The number of esters is 1. The molecule has 0 aliphatic carbocycles. The molecule has 0 aromatic carbocycles. The van der Waals surface area contributed by atoms with Crippen LogP contribution in [-0.2, 0) is 19.1 Å². The molecule has 1 N–H and O–H groups in total. The van der Waals surface area contributed by atoms with Gasteiger partial charge in [0.15, 0.2) is 5.41 Å². The molecule has 0 spiro atoms. The van der Waals surface area contributed by atoms with Gasteiger partial charge in [-0.2, -0.15) is 13.2 Å². The molecule has 0 aromatic rings. The summed E-state index contributed by atoms with van der Waals surface area (Å²) in [6, 6.07) is 0. The Labute approximate surface area is 115 Å². The van der Waals surface area contributed by atoms with Crippen molar-refractivity contribution in [2.45, 2.75) is 39.3 Å². The summed E-state index contributed by atoms with van der Waals surface area (Å²) in [6.45, 7) is 1.24. The second-order valence-corrected chi connectivity index (χ2v) is 4.28. The molecule has 0 rings (SSSR count). The summed E-state index contributed by atoms with van der Waals surface area (Å²) in [5.74, 6) is -2.35. The molecule has 0 radical (unpaired) electrons. The van der Waals surface area contributed by atoms with Crippen molar-refractivity contribution in [1.29, 1.82) is 0 Å². The van der Waals surface area contributed by atoms with Gasteiger partial charge in [-0.05, 0) is 19.8 Å². The minimum absolute atomic E-state index is 0.000978. The number of alkyl halides is 3. The van der Waals surface area contributed by atoms with Gasteiger partial charge in [-0.3, -0.25) is 9.59 Å². The number of halogens is 3. The molecule has 5 nitrogen and oxygen atoms in total. The summed E-state index contributed by atoms with van der Waals surface area (Å²) >= 11 is 0. The van der Waals surface area contributed by atoms with Crippen LogP contribution in [0.5, 0.6) is 0 Å². The highest BCUT2D eigenvalue weighted by molar-refractivity contribution is 5.99. The summed E-state index contributed by atoms with van der Waals surface area (Å²) in [4.78, 5) is 23.1. The molecule has 0 aromatic heterocycles. The summed E-state index contributed by atoms with van der Waals surface area (Å²) in [6.07, 6.45) is -4.48. The van der Waals surface area contributed by atoms with Gasteiger partial charge in [0.05, 0.1) is 6.61 Å². The molecule has 20 heavy (non-hydrogen) atoms. The van der Waals surface area contributed by atoms with Crippen molar-refractivity contribution in [3.63, 3.8) is 0 Å². The third kappa shape index (κ3) is 5.77. The Balaban J connectivity index is 4.76. The monoisotopic (exact) mass is 300 g/mol. The summed E-state index contributed by atoms with van der Waals surface area (Å²) in [5, 5.41) is 9.23. The Morgan fingerprint density at radius 2 is 1.75 bits per heavy atom. The van der Waals surface area contributed by atoms with Crippen LogP contribution in [0.1, 0.15) is 33.1 Å². The molecule has 1 atom stereocenters. The van der Waals surface area contributed by atoms with Gasteiger partial charge in [-0.15, -0.1) is 0 Å². The standard InChI is InChI=1S/C12H19F3O5/c1-3-5-11(9(16)17,10(18)20-4-2)6-7-19-8-12(13,14)15/h3-8H2,1-2H3,(H,16,17). The molecular formula is C12H19F3O5. The van der Waals surface area contributed by atoms with Crippen LogP contribution in [0, 0.1) is 5.41 Å². The lowest BCUT2D eigenvalue weighted by Gasteiger charge is -2.26. The first-order valence-electron chi connectivity index (χ1n) is 6.24. The number of hydrogen-bond acceptors (Lipinski definition) is 4. The second kappa shape index (κ2) is 8.08. The largest absolute Gasteiger partial charge is 0.480 e. The maximum atomic E-state index is 11.9. The van der Waals surface area contributed by atoms with E-state index in [9.17, 15) is 27.9 Å². The highest BCUT2D eigenvalue weighted by Gasteiger charge is 2.46. The lowest BCUT2D eigenvalue weighted by Crippen LogP contribution is -2.42. The summed E-state index contributed by atoms with van der Waals surface area (Å²) < 4.78 is 44.9. The third-order valence-electron chi connectivity index (χ3n) is 2.69. The molecule has 0 saturated carbocycles. The van der Waals surface area contributed by atoms with Crippen LogP contribution in [0.15, 0.2) is 0 Å². The SMILES string of the molecule is CCCC(CCOCC(F)(F)F)(C(=O)O)C(=O)OCC. The van der Waals surface area contributed by atoms with Crippen molar-refractivity contribution >= 4 is 11.9 Å². The van der Waals surface area contributed by atoms with Gasteiger partial charge >= 0.3 is 18.1 Å². The van der Waals surface area contributed by atoms with E-state index in [4.69, 9.17) is 4.74 Å². The fraction of sp³-hybridized carbons (Fsp3) is 0.833. The lowest BCUT2D eigenvalue weighted by atomic mass is 9.80. The molecule has 0 heterocycles. The van der Waals surface area contributed by atoms with E-state index in [0.717, 1.165) is 0 Å². The van der Waals surface area contributed by atoms with E-state index < -0.39 is 36.7 Å². The predicted molar refractivity (Wildman–Crippen MR) is 63.1 cm³/mol. The maximum Gasteiger partial charge on any atom is 0.411 e. The predicted octanol–water partition coefficient (Wildman–Crippen LogP) is 2.39. The zero-order valence-corrected chi connectivity index (χ0v) is 11.5. The zero-order chi connectivity index (χ0) is 15.8. The molecule has 1 unspecified atom stereocenters. The minimum atomic E-state index is -4.49. The van der Waals surface area contributed by atoms with Crippen LogP contribution < -0.4 is 0 Å². The average molecular weight is 300 g/mol. The number of hydrogen-bond donors (Lipinski definition) is 1. The molecule has 0 aliphatic rings. The van der Waals surface area contributed by atoms with Crippen LogP contribution >= 0.6 is 0 Å². The van der Waals surface area contributed by atoms with Crippen LogP contribution in [0.25, 0.3) is 0 Å². The van der Waals surface area contributed by atoms with Crippen molar-refractivity contribution in [1.82, 2.24) is 0 Å². The van der Waals surface area contributed by atoms with E-state index in [0.29, 0.717) is 6.42 Å². The van der Waals surface area contributed by atoms with Gasteiger partial charge in [0, 0.05) is 6.61 Å². The van der Waals surface area contributed by atoms with E-state index in [1.165, 1.54) is 6.92 Å². The summed E-state index contributed by atoms with van der Waals surface area (Å²) in [7, 11) is 0. The van der Waals surface area contributed by atoms with Crippen molar-refractivity contribution < 1.29 is 37.3 Å². The first kappa shape index (κ1) is 18.7. The number of carbonyl (C=O) groups is 2. The number of ether oxygens (including phenoxy) is 2. The van der Waals surface area contributed by atoms with Gasteiger partial charge < -0.3 is 14.6 Å². The number of aliphatic carboxylic acids is 1. The van der Waals surface area contributed by atoms with Crippen molar-refractivity contribution in [2.75, 3.05) is 19.8 Å². The van der Waals surface area contributed by atoms with Gasteiger partial charge in [0.1, 0.15) is 6.61 Å². The number of carboxylic acids is 1. The Morgan fingerprint density at radius 3 is 2.15 bits per heavy atom. The van der Waals surface area contributed by atoms with E-state index in [1.807, 2.05) is 0 Å². The molecule has 0 amide bonds. The number of carboxylic acid groups (broad SMARTS) is 1. The molecule has 0 aliphatic heterocycles. The Hall–Kier alpha value is -1.31. The van der Waals surface area contributed by atoms with Gasteiger partial charge in [0.2, 0.25) is 0 Å². The quantitative estimate of drug-likeness (QED) is 0.402. The smallest absolute Gasteiger partial charge is 0.411 e. The topological polar surface area (TPSA) is 72.8 Å². The maximum absolute atomic E-state index is 11.9. The zero-order valence-electron chi connectivity index (χ0n) is 11.5. The molecule has 0 bridgehead atoms. The Kier molecular flexibility index (Phi) is 7.55. The van der Waals surface area contributed by atoms with Gasteiger partial charge in [-0.1, -0.05) is 13.3 Å². The summed E-state index contributed by atoms with van der Waals surface area (Å²) in [5.41, 5.74) is -1.85. The number of rotatable bonds is 9. The van der Waals surface area contributed by atoms with Crippen molar-refractivity contribution in [2.24, 2.45) is 5.41 Å². The normalized spacial score (nSPS) is 14.7. The second-order valence-electron chi connectivity index (χ2n) is 4.28. The van der Waals surface area contributed by atoms with E-state index in [-0.39, 0.29) is 19.4 Å². The first-order valence-corrected chi connectivity index (χ1v) is 6.24. The number of carbonyl (C=O) groups excluding carboxylic acids is 1. The van der Waals surface area contributed by atoms with Crippen molar-refractivity contribution in [3.8, 4) is 0 Å². The highest BCUT2D eigenvalue weighted by Crippen LogP contribution is 2.31. The minimum Gasteiger partial charge on any atom is -0.480 e. The molecule has 0 fully saturated rings. The first-order chi connectivity index (χ1) is 9.19. The Bertz CT molecular complexity index is 330. The highest BCUT2D eigenvalue weighted by atomic mass is 19.4. The van der Waals surface area contributed by atoms with E-state index in [2.05, 4.69) is 4.74 Å². The van der Waals surface area contributed by atoms with Gasteiger partial charge in [-0.25, -0.2) is 0 Å². The molecule has 0 saturated heterocycles. The van der Waals surface area contributed by atoms with Crippen molar-refractivity contribution in [3.05, 3.63) is 0 Å². The average Bonchev–Trinajstić information content (AvgIpc) is 2.31. The van der Waals surface area contributed by atoms with Crippen LogP contribution in [0.2, 0.25) is 0 Å². The molecule has 118 valence electrons.